The van der Waals surface area contributed by atoms with Gasteiger partial charge in [-0.3, -0.25) is 16.0 Å². The van der Waals surface area contributed by atoms with Crippen molar-refractivity contribution in [2.45, 2.75) is 38.3 Å². The van der Waals surface area contributed by atoms with Crippen molar-refractivity contribution in [2.24, 2.45) is 5.84 Å². The fraction of sp³-hybridized carbons (Fsp3) is 0.400. The van der Waals surface area contributed by atoms with E-state index in [1.165, 1.54) is 16.7 Å². The molecule has 1 heterocycles. The predicted molar refractivity (Wildman–Crippen MR) is 75.5 cm³/mol. The molecule has 2 aromatic rings. The molecule has 19 heavy (non-hydrogen) atoms. The van der Waals surface area contributed by atoms with E-state index in [1.54, 1.807) is 0 Å². The summed E-state index contributed by atoms with van der Waals surface area (Å²) in [6.07, 6.45) is 6.30. The van der Waals surface area contributed by atoms with Crippen molar-refractivity contribution in [2.75, 3.05) is 0 Å². The highest BCUT2D eigenvalue weighted by Crippen LogP contribution is 2.41. The summed E-state index contributed by atoms with van der Waals surface area (Å²) in [5.41, 5.74) is 7.04. The van der Waals surface area contributed by atoms with Crippen LogP contribution in [0.4, 0.5) is 0 Å². The van der Waals surface area contributed by atoms with E-state index in [-0.39, 0.29) is 6.04 Å². The van der Waals surface area contributed by atoms with Crippen LogP contribution in [0.15, 0.2) is 36.7 Å². The highest BCUT2D eigenvalue weighted by Gasteiger charge is 2.30. The van der Waals surface area contributed by atoms with Crippen molar-refractivity contribution in [1.29, 1.82) is 0 Å². The second kappa shape index (κ2) is 5.15. The van der Waals surface area contributed by atoms with Crippen LogP contribution in [0.2, 0.25) is 0 Å². The van der Waals surface area contributed by atoms with Gasteiger partial charge in [0.15, 0.2) is 0 Å². The summed E-state index contributed by atoms with van der Waals surface area (Å²) >= 11 is 0. The van der Waals surface area contributed by atoms with Crippen LogP contribution >= 0.6 is 0 Å². The lowest BCUT2D eigenvalue weighted by Crippen LogP contribution is -2.31. The molecular formula is C15H20N4. The Labute approximate surface area is 113 Å². The SMILES string of the molecule is CCn1cc(C(NN)C2CCc3ccccc32)cn1. The van der Waals surface area contributed by atoms with Gasteiger partial charge in [0.2, 0.25) is 0 Å². The molecule has 1 aromatic heterocycles. The number of rotatable bonds is 4. The third-order valence-corrected chi connectivity index (χ3v) is 4.10. The zero-order valence-corrected chi connectivity index (χ0v) is 11.2. The number of hydrogen-bond acceptors (Lipinski definition) is 3. The molecule has 0 radical (unpaired) electrons. The van der Waals surface area contributed by atoms with Gasteiger partial charge in [-0.2, -0.15) is 5.10 Å². The molecule has 0 saturated heterocycles. The normalized spacial score (nSPS) is 19.4. The first-order valence-electron chi connectivity index (χ1n) is 6.89. The van der Waals surface area contributed by atoms with Gasteiger partial charge >= 0.3 is 0 Å². The Morgan fingerprint density at radius 1 is 1.47 bits per heavy atom. The molecular weight excluding hydrogens is 236 g/mol. The van der Waals surface area contributed by atoms with Gasteiger partial charge in [0.1, 0.15) is 0 Å². The van der Waals surface area contributed by atoms with Crippen LogP contribution in [0, 0.1) is 0 Å². The summed E-state index contributed by atoms with van der Waals surface area (Å²) in [7, 11) is 0. The summed E-state index contributed by atoms with van der Waals surface area (Å²) in [5, 5.41) is 4.35. The average Bonchev–Trinajstić information content (AvgIpc) is 3.07. The fourth-order valence-corrected chi connectivity index (χ4v) is 3.09. The largest absolute Gasteiger partial charge is 0.273 e. The summed E-state index contributed by atoms with van der Waals surface area (Å²) in [5.74, 6) is 6.25. The van der Waals surface area contributed by atoms with Gasteiger partial charge in [-0.25, -0.2) is 0 Å². The van der Waals surface area contributed by atoms with E-state index in [0.29, 0.717) is 5.92 Å². The summed E-state index contributed by atoms with van der Waals surface area (Å²) in [4.78, 5) is 0. The minimum atomic E-state index is 0.143. The van der Waals surface area contributed by atoms with Crippen molar-refractivity contribution in [3.63, 3.8) is 0 Å². The number of hydrazine groups is 1. The lowest BCUT2D eigenvalue weighted by molar-refractivity contribution is 0.452. The smallest absolute Gasteiger partial charge is 0.0559 e. The number of aromatic nitrogens is 2. The number of nitrogens with zero attached hydrogens (tertiary/aromatic N) is 2. The van der Waals surface area contributed by atoms with Crippen LogP contribution in [0.1, 0.15) is 42.0 Å². The molecule has 1 aliphatic rings. The van der Waals surface area contributed by atoms with E-state index in [4.69, 9.17) is 5.84 Å². The first-order valence-corrected chi connectivity index (χ1v) is 6.89. The number of benzene rings is 1. The molecule has 0 spiro atoms. The molecule has 1 aromatic carbocycles. The molecule has 4 nitrogen and oxygen atoms in total. The average molecular weight is 256 g/mol. The predicted octanol–water partition coefficient (Wildman–Crippen LogP) is 2.14. The van der Waals surface area contributed by atoms with Crippen LogP contribution in [0.25, 0.3) is 0 Å². The van der Waals surface area contributed by atoms with Gasteiger partial charge in [0.05, 0.1) is 12.2 Å². The van der Waals surface area contributed by atoms with Crippen LogP contribution in [0.5, 0.6) is 0 Å². The monoisotopic (exact) mass is 256 g/mol. The first-order chi connectivity index (χ1) is 9.33. The number of nitrogens with one attached hydrogen (secondary N) is 1. The minimum absolute atomic E-state index is 0.143. The lowest BCUT2D eigenvalue weighted by Gasteiger charge is -2.22. The second-order valence-corrected chi connectivity index (χ2v) is 5.12. The van der Waals surface area contributed by atoms with Gasteiger partial charge in [-0.15, -0.1) is 0 Å². The minimum Gasteiger partial charge on any atom is -0.273 e. The van der Waals surface area contributed by atoms with E-state index in [9.17, 15) is 0 Å². The van der Waals surface area contributed by atoms with E-state index < -0.39 is 0 Å². The Balaban J connectivity index is 1.91. The second-order valence-electron chi connectivity index (χ2n) is 5.12. The molecule has 0 bridgehead atoms. The van der Waals surface area contributed by atoms with Gasteiger partial charge in [-0.1, -0.05) is 24.3 Å². The summed E-state index contributed by atoms with van der Waals surface area (Å²) < 4.78 is 1.94. The molecule has 0 fully saturated rings. The summed E-state index contributed by atoms with van der Waals surface area (Å²) in [6.45, 7) is 2.98. The molecule has 2 atom stereocenters. The standard InChI is InChI=1S/C15H20N4/c1-2-19-10-12(9-17-19)15(18-16)14-8-7-11-5-3-4-6-13(11)14/h3-6,9-10,14-15,18H,2,7-8,16H2,1H3. The van der Waals surface area contributed by atoms with E-state index in [0.717, 1.165) is 19.4 Å². The molecule has 0 aliphatic heterocycles. The third kappa shape index (κ3) is 2.17. The molecule has 0 amide bonds. The van der Waals surface area contributed by atoms with Gasteiger partial charge in [0, 0.05) is 24.2 Å². The maximum absolute atomic E-state index is 5.81. The third-order valence-electron chi connectivity index (χ3n) is 4.10. The van der Waals surface area contributed by atoms with Crippen molar-refractivity contribution in [3.05, 3.63) is 53.3 Å². The zero-order chi connectivity index (χ0) is 13.2. The Morgan fingerprint density at radius 2 is 2.32 bits per heavy atom. The molecule has 100 valence electrons. The maximum atomic E-state index is 5.81. The molecule has 3 rings (SSSR count). The highest BCUT2D eigenvalue weighted by atomic mass is 15.3. The van der Waals surface area contributed by atoms with E-state index in [1.807, 2.05) is 10.9 Å². The fourth-order valence-electron chi connectivity index (χ4n) is 3.09. The van der Waals surface area contributed by atoms with Crippen LogP contribution in [0.3, 0.4) is 0 Å². The Kier molecular flexibility index (Phi) is 3.36. The topological polar surface area (TPSA) is 55.9 Å². The number of aryl methyl sites for hydroxylation is 2. The van der Waals surface area contributed by atoms with Crippen LogP contribution < -0.4 is 11.3 Å². The lowest BCUT2D eigenvalue weighted by atomic mass is 9.90. The number of hydrogen-bond donors (Lipinski definition) is 2. The van der Waals surface area contributed by atoms with Gasteiger partial charge in [-0.05, 0) is 30.9 Å². The maximum Gasteiger partial charge on any atom is 0.0559 e. The van der Waals surface area contributed by atoms with Gasteiger partial charge < -0.3 is 0 Å². The van der Waals surface area contributed by atoms with Crippen molar-refractivity contribution in [1.82, 2.24) is 15.2 Å². The number of nitrogens with two attached hydrogens (primary N) is 1. The highest BCUT2D eigenvalue weighted by molar-refractivity contribution is 5.37. The van der Waals surface area contributed by atoms with Crippen LogP contribution in [-0.4, -0.2) is 9.78 Å². The Bertz CT molecular complexity index is 561. The molecule has 0 saturated carbocycles. The Morgan fingerprint density at radius 3 is 3.05 bits per heavy atom. The molecule has 2 unspecified atom stereocenters. The van der Waals surface area contributed by atoms with Crippen molar-refractivity contribution in [3.8, 4) is 0 Å². The zero-order valence-electron chi connectivity index (χ0n) is 11.2. The summed E-state index contributed by atoms with van der Waals surface area (Å²) in [6, 6.07) is 8.81. The van der Waals surface area contributed by atoms with E-state index >= 15 is 0 Å². The van der Waals surface area contributed by atoms with Crippen molar-refractivity contribution < 1.29 is 0 Å². The quantitative estimate of drug-likeness (QED) is 0.651. The van der Waals surface area contributed by atoms with Gasteiger partial charge in [0.25, 0.3) is 0 Å². The van der Waals surface area contributed by atoms with Crippen LogP contribution in [-0.2, 0) is 13.0 Å². The molecule has 1 aliphatic carbocycles. The molecule has 4 heteroatoms. The first kappa shape index (κ1) is 12.4. The number of fused-ring (bicyclic) bond motifs is 1. The molecule has 3 N–H and O–H groups in total. The van der Waals surface area contributed by atoms with E-state index in [2.05, 4.69) is 47.9 Å². The Hall–Kier alpha value is -1.65. The van der Waals surface area contributed by atoms with Crippen molar-refractivity contribution >= 4 is 0 Å².